The van der Waals surface area contributed by atoms with E-state index < -0.39 is 11.6 Å². The molecule has 6 nitrogen and oxygen atoms in total. The van der Waals surface area contributed by atoms with Crippen molar-refractivity contribution >= 4 is 17.8 Å². The van der Waals surface area contributed by atoms with Crippen LogP contribution in [0.3, 0.4) is 0 Å². The molecule has 2 aliphatic rings. The molecule has 0 unspecified atom stereocenters. The standard InChI is InChI=1S/C21H29N3O3/c1-15-8-6-7-13-21(15)19(26)24(20(27)23-21)14-18(25)22-16(2)11-12-17-9-4-3-5-10-17/h3-5,9-10,15-16H,6-8,11-14H2,1-2H3,(H,22,25)(H,23,27)/t15-,16+,21+/m0/s1. The Bertz CT molecular complexity index is 706. The van der Waals surface area contributed by atoms with Crippen LogP contribution in [0.4, 0.5) is 4.79 Å². The normalized spacial score (nSPS) is 26.1. The van der Waals surface area contributed by atoms with Gasteiger partial charge in [-0.15, -0.1) is 0 Å². The molecule has 1 aliphatic carbocycles. The van der Waals surface area contributed by atoms with Crippen LogP contribution in [0.5, 0.6) is 0 Å². The molecule has 0 radical (unpaired) electrons. The van der Waals surface area contributed by atoms with E-state index in [4.69, 9.17) is 0 Å². The predicted octanol–water partition coefficient (Wildman–Crippen LogP) is 2.62. The Morgan fingerprint density at radius 1 is 1.30 bits per heavy atom. The van der Waals surface area contributed by atoms with Gasteiger partial charge >= 0.3 is 6.03 Å². The molecule has 4 amide bonds. The molecule has 1 aromatic carbocycles. The second-order valence-corrected chi connectivity index (χ2v) is 7.93. The van der Waals surface area contributed by atoms with Gasteiger partial charge in [-0.25, -0.2) is 4.79 Å². The molecule has 1 aliphatic heterocycles. The molecular formula is C21H29N3O3. The molecule has 1 heterocycles. The van der Waals surface area contributed by atoms with Crippen molar-refractivity contribution in [3.8, 4) is 0 Å². The number of nitrogens with one attached hydrogen (secondary N) is 2. The zero-order valence-electron chi connectivity index (χ0n) is 16.2. The number of nitrogens with zero attached hydrogens (tertiary/aromatic N) is 1. The lowest BCUT2D eigenvalue weighted by molar-refractivity contribution is -0.137. The zero-order valence-corrected chi connectivity index (χ0v) is 16.2. The maximum atomic E-state index is 12.9. The number of imide groups is 1. The van der Waals surface area contributed by atoms with Crippen molar-refractivity contribution in [1.29, 1.82) is 0 Å². The molecule has 0 bridgehead atoms. The van der Waals surface area contributed by atoms with E-state index in [1.807, 2.05) is 32.0 Å². The lowest BCUT2D eigenvalue weighted by Gasteiger charge is -2.36. The zero-order chi connectivity index (χ0) is 19.4. The summed E-state index contributed by atoms with van der Waals surface area (Å²) in [7, 11) is 0. The first kappa shape index (κ1) is 19.4. The summed E-state index contributed by atoms with van der Waals surface area (Å²) in [5.74, 6) is -0.438. The summed E-state index contributed by atoms with van der Waals surface area (Å²) in [6.07, 6.45) is 5.24. The van der Waals surface area contributed by atoms with E-state index in [2.05, 4.69) is 22.8 Å². The van der Waals surface area contributed by atoms with E-state index in [9.17, 15) is 14.4 Å². The second kappa shape index (κ2) is 8.11. The molecule has 6 heteroatoms. The Kier molecular flexibility index (Phi) is 5.82. The minimum absolute atomic E-state index is 0.0268. The first-order valence-electron chi connectivity index (χ1n) is 9.90. The summed E-state index contributed by atoms with van der Waals surface area (Å²) in [5.41, 5.74) is 0.412. The molecule has 0 aromatic heterocycles. The van der Waals surface area contributed by atoms with E-state index in [1.54, 1.807) is 0 Å². The Morgan fingerprint density at radius 2 is 2.04 bits per heavy atom. The molecule has 2 N–H and O–H groups in total. The lowest BCUT2D eigenvalue weighted by Crippen LogP contribution is -2.54. The van der Waals surface area contributed by atoms with Crippen LogP contribution in [-0.4, -0.2) is 40.9 Å². The Labute approximate surface area is 160 Å². The topological polar surface area (TPSA) is 78.5 Å². The molecule has 1 aromatic rings. The molecule has 1 spiro atoms. The van der Waals surface area contributed by atoms with Gasteiger partial charge in [0, 0.05) is 6.04 Å². The van der Waals surface area contributed by atoms with Crippen molar-refractivity contribution in [3.05, 3.63) is 35.9 Å². The number of urea groups is 1. The third-order valence-corrected chi connectivity index (χ3v) is 5.92. The Hall–Kier alpha value is -2.37. The van der Waals surface area contributed by atoms with Crippen LogP contribution in [0.15, 0.2) is 30.3 Å². The van der Waals surface area contributed by atoms with Crippen molar-refractivity contribution < 1.29 is 14.4 Å². The van der Waals surface area contributed by atoms with E-state index in [-0.39, 0.29) is 30.3 Å². The fourth-order valence-electron chi connectivity index (χ4n) is 4.20. The van der Waals surface area contributed by atoms with Gasteiger partial charge in [-0.1, -0.05) is 50.1 Å². The van der Waals surface area contributed by atoms with E-state index in [1.165, 1.54) is 5.56 Å². The molecular weight excluding hydrogens is 342 g/mol. The smallest absolute Gasteiger partial charge is 0.325 e. The van der Waals surface area contributed by atoms with Crippen LogP contribution in [0.1, 0.15) is 51.5 Å². The van der Waals surface area contributed by atoms with Crippen molar-refractivity contribution in [2.75, 3.05) is 6.54 Å². The second-order valence-electron chi connectivity index (χ2n) is 7.93. The highest BCUT2D eigenvalue weighted by Gasteiger charge is 2.55. The predicted molar refractivity (Wildman–Crippen MR) is 103 cm³/mol. The third-order valence-electron chi connectivity index (χ3n) is 5.92. The van der Waals surface area contributed by atoms with Gasteiger partial charge in [0.15, 0.2) is 0 Å². The first-order chi connectivity index (χ1) is 12.9. The number of hydrogen-bond donors (Lipinski definition) is 2. The van der Waals surface area contributed by atoms with Crippen LogP contribution in [0.2, 0.25) is 0 Å². The maximum absolute atomic E-state index is 12.9. The number of carbonyl (C=O) groups excluding carboxylic acids is 3. The van der Waals surface area contributed by atoms with Crippen molar-refractivity contribution in [2.24, 2.45) is 5.92 Å². The number of hydrogen-bond acceptors (Lipinski definition) is 3. The highest BCUT2D eigenvalue weighted by molar-refractivity contribution is 6.09. The number of amides is 4. The average Bonchev–Trinajstić information content (AvgIpc) is 2.88. The fourth-order valence-corrected chi connectivity index (χ4v) is 4.20. The van der Waals surface area contributed by atoms with E-state index in [0.29, 0.717) is 6.42 Å². The molecule has 3 rings (SSSR count). The number of benzene rings is 1. The molecule has 2 fully saturated rings. The average molecular weight is 371 g/mol. The molecule has 1 saturated heterocycles. The maximum Gasteiger partial charge on any atom is 0.325 e. The SMILES string of the molecule is C[C@H](CCc1ccccc1)NC(=O)CN1C(=O)N[C@@]2(CCCC[C@@H]2C)C1=O. The molecule has 27 heavy (non-hydrogen) atoms. The quantitative estimate of drug-likeness (QED) is 0.755. The highest BCUT2D eigenvalue weighted by Crippen LogP contribution is 2.38. The minimum Gasteiger partial charge on any atom is -0.352 e. The van der Waals surface area contributed by atoms with Crippen LogP contribution in [0, 0.1) is 5.92 Å². The molecule has 1 saturated carbocycles. The van der Waals surface area contributed by atoms with Gasteiger partial charge in [-0.3, -0.25) is 14.5 Å². The summed E-state index contributed by atoms with van der Waals surface area (Å²) in [6, 6.07) is 9.63. The monoisotopic (exact) mass is 371 g/mol. The molecule has 146 valence electrons. The summed E-state index contributed by atoms with van der Waals surface area (Å²) in [6.45, 7) is 3.73. The van der Waals surface area contributed by atoms with Crippen molar-refractivity contribution in [3.63, 3.8) is 0 Å². The number of rotatable bonds is 6. The number of aryl methyl sites for hydroxylation is 1. The van der Waals surface area contributed by atoms with Gasteiger partial charge < -0.3 is 10.6 Å². The summed E-state index contributed by atoms with van der Waals surface area (Å²) < 4.78 is 0. The van der Waals surface area contributed by atoms with Crippen molar-refractivity contribution in [2.45, 2.75) is 64.0 Å². The van der Waals surface area contributed by atoms with Crippen molar-refractivity contribution in [1.82, 2.24) is 15.5 Å². The summed E-state index contributed by atoms with van der Waals surface area (Å²) >= 11 is 0. The molecule has 3 atom stereocenters. The number of carbonyl (C=O) groups is 3. The van der Waals surface area contributed by atoms with Gasteiger partial charge in [0.25, 0.3) is 5.91 Å². The fraction of sp³-hybridized carbons (Fsp3) is 0.571. The summed E-state index contributed by atoms with van der Waals surface area (Å²) in [4.78, 5) is 38.7. The van der Waals surface area contributed by atoms with Crippen LogP contribution >= 0.6 is 0 Å². The van der Waals surface area contributed by atoms with Gasteiger partial charge in [0.05, 0.1) is 0 Å². The highest BCUT2D eigenvalue weighted by atomic mass is 16.2. The lowest BCUT2D eigenvalue weighted by atomic mass is 9.73. The Balaban J connectivity index is 1.53. The van der Waals surface area contributed by atoms with Gasteiger partial charge in [0.2, 0.25) is 5.91 Å². The summed E-state index contributed by atoms with van der Waals surface area (Å²) in [5, 5.41) is 5.79. The third kappa shape index (κ3) is 4.15. The Morgan fingerprint density at radius 3 is 2.74 bits per heavy atom. The van der Waals surface area contributed by atoms with Crippen LogP contribution in [-0.2, 0) is 16.0 Å². The first-order valence-corrected chi connectivity index (χ1v) is 9.90. The van der Waals surface area contributed by atoms with Gasteiger partial charge in [-0.2, -0.15) is 0 Å². The van der Waals surface area contributed by atoms with Crippen LogP contribution in [0.25, 0.3) is 0 Å². The van der Waals surface area contributed by atoms with Gasteiger partial charge in [-0.05, 0) is 44.1 Å². The van der Waals surface area contributed by atoms with E-state index >= 15 is 0 Å². The van der Waals surface area contributed by atoms with Crippen LogP contribution < -0.4 is 10.6 Å². The minimum atomic E-state index is -0.811. The van der Waals surface area contributed by atoms with Gasteiger partial charge in [0.1, 0.15) is 12.1 Å². The van der Waals surface area contributed by atoms with E-state index in [0.717, 1.165) is 37.0 Å². The largest absolute Gasteiger partial charge is 0.352 e.